The van der Waals surface area contributed by atoms with Gasteiger partial charge in [-0.15, -0.1) is 0 Å². The van der Waals surface area contributed by atoms with Crippen molar-refractivity contribution in [3.63, 3.8) is 0 Å². The van der Waals surface area contributed by atoms with Gasteiger partial charge in [-0.1, -0.05) is 202 Å². The van der Waals surface area contributed by atoms with Gasteiger partial charge < -0.3 is 28.4 Å². The first kappa shape index (κ1) is 80.8. The number of hydrogen-bond acceptors (Lipinski definition) is 11. The molecule has 0 saturated heterocycles. The maximum absolute atomic E-state index is 11.8. The molecule has 444 valence electrons. The van der Waals surface area contributed by atoms with Crippen molar-refractivity contribution < 1.29 is 52.1 Å². The number of ketones is 1. The first-order chi connectivity index (χ1) is 35.7. The highest BCUT2D eigenvalue weighted by Gasteiger charge is 2.28. The van der Waals surface area contributed by atoms with Gasteiger partial charge in [-0.05, 0) is 104 Å². The van der Waals surface area contributed by atoms with Crippen LogP contribution < -0.4 is 0 Å². The fourth-order valence-corrected chi connectivity index (χ4v) is 9.58. The molecule has 0 aliphatic heterocycles. The average molecular weight is 1080 g/mol. The zero-order valence-corrected chi connectivity index (χ0v) is 52.1. The van der Waals surface area contributed by atoms with Crippen LogP contribution in [0.1, 0.15) is 308 Å². The standard InChI is InChI=1S/C15H30O2.C15H28O2.C13H28O.C11H22O.C8H17O5P/c2*1-4-7-9-11-14(12-10-8-5-2)13-15(16)17-6-3;1-3-5-7-9-13(11-12-14)10-8-6-4-2;1-3-5-7-9-11(12)10-8-6-4-2;1-4-11-8(9)7-14(10,12-5-2)13-6-3/h14H,4-13H2,1-3H3;13H,4-12H2,1-3H3;13-14H,3-12H2,1-2H3;3-10H2,1-2H3;4-7H2,1-3H3. The van der Waals surface area contributed by atoms with E-state index in [4.69, 9.17) is 23.6 Å². The number of carbonyl (C=O) groups is 4. The van der Waals surface area contributed by atoms with Crippen molar-refractivity contribution in [1.82, 2.24) is 0 Å². The number of aliphatic hydroxyl groups is 1. The molecular weight excluding hydrogens is 952 g/mol. The molecule has 74 heavy (non-hydrogen) atoms. The molecule has 0 aromatic rings. The summed E-state index contributed by atoms with van der Waals surface area (Å²) in [6.45, 7) is 28.6. The molecule has 0 heterocycles. The third-order valence-corrected chi connectivity index (χ3v) is 14.3. The summed E-state index contributed by atoms with van der Waals surface area (Å²) in [6.07, 6.45) is 41.8. The van der Waals surface area contributed by atoms with E-state index in [-0.39, 0.29) is 37.9 Å². The molecule has 12 heteroatoms. The number of unbranched alkanes of at least 4 members (excludes halogenated alkanes) is 16. The smallest absolute Gasteiger partial charge is 0.341 e. The molecule has 0 fully saturated rings. The van der Waals surface area contributed by atoms with E-state index in [1.54, 1.807) is 26.8 Å². The Morgan fingerprint density at radius 2 is 0.743 bits per heavy atom. The summed E-state index contributed by atoms with van der Waals surface area (Å²) in [5.74, 6) is 1.07. The van der Waals surface area contributed by atoms with Crippen molar-refractivity contribution in [3.05, 3.63) is 11.6 Å². The van der Waals surface area contributed by atoms with E-state index in [0.29, 0.717) is 37.9 Å². The summed E-state index contributed by atoms with van der Waals surface area (Å²) in [5, 5.41) is 8.95. The normalized spacial score (nSPS) is 10.7. The van der Waals surface area contributed by atoms with Crippen molar-refractivity contribution in [1.29, 1.82) is 0 Å². The summed E-state index contributed by atoms with van der Waals surface area (Å²) in [7, 11) is -3.28. The third-order valence-electron chi connectivity index (χ3n) is 12.4. The van der Waals surface area contributed by atoms with Crippen LogP contribution in [0, 0.1) is 11.8 Å². The van der Waals surface area contributed by atoms with E-state index in [2.05, 4.69) is 60.1 Å². The Morgan fingerprint density at radius 1 is 0.405 bits per heavy atom. The minimum Gasteiger partial charge on any atom is -0.466 e. The molecule has 0 atom stereocenters. The fourth-order valence-electron chi connectivity index (χ4n) is 8.13. The Balaban J connectivity index is -0.000000270. The Bertz CT molecular complexity index is 1200. The Morgan fingerprint density at radius 3 is 1.08 bits per heavy atom. The Labute approximate surface area is 459 Å². The van der Waals surface area contributed by atoms with Gasteiger partial charge in [0.1, 0.15) is 11.9 Å². The van der Waals surface area contributed by atoms with Gasteiger partial charge >= 0.3 is 25.5 Å². The maximum atomic E-state index is 11.8. The summed E-state index contributed by atoms with van der Waals surface area (Å²) in [5.41, 5.74) is 1.27. The fraction of sp³-hybridized carbons (Fsp3) is 0.903. The highest BCUT2D eigenvalue weighted by molar-refractivity contribution is 7.54. The second kappa shape index (κ2) is 67.0. The van der Waals surface area contributed by atoms with Gasteiger partial charge in [-0.2, -0.15) is 0 Å². The van der Waals surface area contributed by atoms with Crippen molar-refractivity contribution in [2.24, 2.45) is 11.8 Å². The van der Waals surface area contributed by atoms with E-state index >= 15 is 0 Å². The van der Waals surface area contributed by atoms with Crippen molar-refractivity contribution in [2.45, 2.75) is 308 Å². The highest BCUT2D eigenvalue weighted by Crippen LogP contribution is 2.47. The third kappa shape index (κ3) is 66.0. The number of allylic oxidation sites excluding steroid dienone is 1. The Hall–Kier alpha value is -2.07. The van der Waals surface area contributed by atoms with Crippen LogP contribution in [-0.4, -0.2) is 74.6 Å². The molecule has 0 unspecified atom stereocenters. The number of carbonyl (C=O) groups excluding carboxylic acids is 4. The second-order valence-electron chi connectivity index (χ2n) is 19.6. The number of ether oxygens (including phenoxy) is 3. The molecule has 0 saturated carbocycles. The molecule has 0 bridgehead atoms. The van der Waals surface area contributed by atoms with Crippen molar-refractivity contribution >= 4 is 31.3 Å². The largest absolute Gasteiger partial charge is 0.466 e. The van der Waals surface area contributed by atoms with Crippen LogP contribution in [0.15, 0.2) is 11.6 Å². The molecule has 11 nitrogen and oxygen atoms in total. The number of esters is 3. The van der Waals surface area contributed by atoms with Crippen LogP contribution in [0.25, 0.3) is 0 Å². The monoisotopic (exact) mass is 1080 g/mol. The van der Waals surface area contributed by atoms with Gasteiger partial charge in [0, 0.05) is 31.9 Å². The molecular formula is C62H125O11P. The van der Waals surface area contributed by atoms with E-state index in [1.165, 1.54) is 173 Å². The summed E-state index contributed by atoms with van der Waals surface area (Å²) >= 11 is 0. The zero-order valence-electron chi connectivity index (χ0n) is 51.2. The lowest BCUT2D eigenvalue weighted by Crippen LogP contribution is -2.12. The molecule has 0 radical (unpaired) electrons. The lowest BCUT2D eigenvalue weighted by molar-refractivity contribution is -0.144. The number of Topliss-reactive ketones (excluding diaryl/α,β-unsaturated/α-hetero) is 1. The minimum atomic E-state index is -3.28. The van der Waals surface area contributed by atoms with Gasteiger partial charge in [0.15, 0.2) is 0 Å². The van der Waals surface area contributed by atoms with Crippen LogP contribution in [0.4, 0.5) is 0 Å². The molecule has 0 aliphatic rings. The molecule has 1 N–H and O–H groups in total. The Kier molecular flexibility index (Phi) is 73.2. The van der Waals surface area contributed by atoms with Crippen LogP contribution in [-0.2, 0) is 47.0 Å². The minimum absolute atomic E-state index is 0.00880. The number of rotatable bonds is 46. The lowest BCUT2D eigenvalue weighted by Gasteiger charge is -2.15. The van der Waals surface area contributed by atoms with Crippen LogP contribution in [0.3, 0.4) is 0 Å². The van der Waals surface area contributed by atoms with Crippen LogP contribution >= 0.6 is 7.60 Å². The number of hydrogen-bond donors (Lipinski definition) is 1. The topological polar surface area (TPSA) is 152 Å². The lowest BCUT2D eigenvalue weighted by atomic mass is 9.92. The average Bonchev–Trinajstić information content (AvgIpc) is 3.35. The van der Waals surface area contributed by atoms with E-state index in [0.717, 1.165) is 50.9 Å². The maximum Gasteiger partial charge on any atom is 0.341 e. The van der Waals surface area contributed by atoms with E-state index in [1.807, 2.05) is 13.8 Å². The van der Waals surface area contributed by atoms with Crippen LogP contribution in [0.2, 0.25) is 0 Å². The first-order valence-corrected chi connectivity index (χ1v) is 32.6. The van der Waals surface area contributed by atoms with Crippen molar-refractivity contribution in [2.75, 3.05) is 45.8 Å². The molecule has 0 amide bonds. The molecule has 0 aromatic heterocycles. The predicted octanol–water partition coefficient (Wildman–Crippen LogP) is 19.0. The SMILES string of the molecule is CCCCCC(=CC(=O)OCC)CCCCC.CCCCCC(=O)CCCCC.CCCCCC(CCCCC)CC(=O)OCC.CCCCCC(CCO)CCCCC.CCOC(=O)CP(=O)(OCC)OCC. The van der Waals surface area contributed by atoms with Gasteiger partial charge in [-0.3, -0.25) is 18.9 Å². The molecule has 0 spiro atoms. The second-order valence-corrected chi connectivity index (χ2v) is 21.6. The first-order valence-electron chi connectivity index (χ1n) is 30.9. The summed E-state index contributed by atoms with van der Waals surface area (Å²) in [6, 6.07) is 0. The van der Waals surface area contributed by atoms with Gasteiger partial charge in [0.25, 0.3) is 0 Å². The van der Waals surface area contributed by atoms with Crippen molar-refractivity contribution in [3.8, 4) is 0 Å². The van der Waals surface area contributed by atoms with E-state index in [9.17, 15) is 23.7 Å². The molecule has 0 rings (SSSR count). The van der Waals surface area contributed by atoms with E-state index < -0.39 is 13.6 Å². The zero-order chi connectivity index (χ0) is 56.8. The summed E-state index contributed by atoms with van der Waals surface area (Å²) in [4.78, 5) is 45.2. The number of aliphatic hydroxyl groups excluding tert-OH is 1. The van der Waals surface area contributed by atoms with Gasteiger partial charge in [0.05, 0.1) is 33.0 Å². The molecule has 0 aromatic carbocycles. The van der Waals surface area contributed by atoms with Crippen LogP contribution in [0.5, 0.6) is 0 Å². The summed E-state index contributed by atoms with van der Waals surface area (Å²) < 4.78 is 36.3. The predicted molar refractivity (Wildman–Crippen MR) is 315 cm³/mol. The highest BCUT2D eigenvalue weighted by atomic mass is 31.2. The van der Waals surface area contributed by atoms with Gasteiger partial charge in [-0.25, -0.2) is 4.79 Å². The van der Waals surface area contributed by atoms with Gasteiger partial charge in [0.2, 0.25) is 0 Å². The molecule has 0 aliphatic carbocycles. The quantitative estimate of drug-likeness (QED) is 0.0204.